The van der Waals surface area contributed by atoms with E-state index in [2.05, 4.69) is 27.7 Å². The van der Waals surface area contributed by atoms with Crippen LogP contribution < -0.4 is 4.90 Å². The van der Waals surface area contributed by atoms with Gasteiger partial charge in [0.2, 0.25) is 5.91 Å². The van der Waals surface area contributed by atoms with E-state index < -0.39 is 0 Å². The number of carbonyl (C=O) groups excluding carboxylic acids is 1. The summed E-state index contributed by atoms with van der Waals surface area (Å²) >= 11 is 0. The van der Waals surface area contributed by atoms with Crippen LogP contribution in [0.1, 0.15) is 60.5 Å². The SMILES string of the molecule is C=Cc1cc(-c2c(C3CC3)nc(N3CCN(C(=O)CCO)C(C4CC4)C3)c(C#N)c2C)cnn1. The first-order chi connectivity index (χ1) is 16.5. The summed E-state index contributed by atoms with van der Waals surface area (Å²) in [6.45, 7) is 7.56. The van der Waals surface area contributed by atoms with E-state index in [4.69, 9.17) is 4.98 Å². The van der Waals surface area contributed by atoms with Gasteiger partial charge in [0, 0.05) is 43.1 Å². The predicted octanol–water partition coefficient (Wildman–Crippen LogP) is 3.05. The van der Waals surface area contributed by atoms with Crippen molar-refractivity contribution in [1.82, 2.24) is 20.1 Å². The van der Waals surface area contributed by atoms with E-state index in [0.29, 0.717) is 42.7 Å². The molecule has 2 aromatic heterocycles. The van der Waals surface area contributed by atoms with Gasteiger partial charge >= 0.3 is 0 Å². The maximum atomic E-state index is 12.6. The maximum Gasteiger partial charge on any atom is 0.225 e. The number of nitrogens with zero attached hydrogens (tertiary/aromatic N) is 6. The molecule has 1 aliphatic heterocycles. The van der Waals surface area contributed by atoms with Gasteiger partial charge in [-0.25, -0.2) is 4.98 Å². The highest BCUT2D eigenvalue weighted by atomic mass is 16.3. The fourth-order valence-corrected chi connectivity index (χ4v) is 5.15. The molecule has 1 saturated heterocycles. The Morgan fingerprint density at radius 3 is 2.76 bits per heavy atom. The lowest BCUT2D eigenvalue weighted by Gasteiger charge is -2.43. The number of aliphatic hydroxyl groups is 1. The molecule has 3 aliphatic rings. The van der Waals surface area contributed by atoms with Crippen molar-refractivity contribution in [2.24, 2.45) is 5.92 Å². The summed E-state index contributed by atoms with van der Waals surface area (Å²) < 4.78 is 0. The van der Waals surface area contributed by atoms with Gasteiger partial charge in [-0.15, -0.1) is 0 Å². The first-order valence-corrected chi connectivity index (χ1v) is 12.1. The van der Waals surface area contributed by atoms with E-state index in [9.17, 15) is 15.2 Å². The normalized spacial score (nSPS) is 20.2. The lowest BCUT2D eigenvalue weighted by molar-refractivity contribution is -0.135. The maximum absolute atomic E-state index is 12.6. The molecule has 8 heteroatoms. The summed E-state index contributed by atoms with van der Waals surface area (Å²) in [6.07, 6.45) is 7.98. The minimum atomic E-state index is -0.126. The number of hydrogen-bond donors (Lipinski definition) is 1. The number of piperazine rings is 1. The lowest BCUT2D eigenvalue weighted by Crippen LogP contribution is -2.56. The minimum Gasteiger partial charge on any atom is -0.396 e. The monoisotopic (exact) mass is 458 g/mol. The fraction of sp³-hybridized carbons (Fsp3) is 0.500. The van der Waals surface area contributed by atoms with Crippen LogP contribution in [-0.2, 0) is 4.79 Å². The second-order valence-corrected chi connectivity index (χ2v) is 9.57. The van der Waals surface area contributed by atoms with Crippen molar-refractivity contribution in [3.63, 3.8) is 0 Å². The number of nitriles is 1. The van der Waals surface area contributed by atoms with Crippen LogP contribution in [0.25, 0.3) is 17.2 Å². The molecule has 2 aromatic rings. The molecule has 1 atom stereocenters. The summed E-state index contributed by atoms with van der Waals surface area (Å²) in [5, 5.41) is 27.7. The third-order valence-corrected chi connectivity index (χ3v) is 7.23. The second kappa shape index (κ2) is 9.15. The summed E-state index contributed by atoms with van der Waals surface area (Å²) in [4.78, 5) is 21.9. The summed E-state index contributed by atoms with van der Waals surface area (Å²) in [7, 11) is 0. The van der Waals surface area contributed by atoms with E-state index in [1.165, 1.54) is 0 Å². The van der Waals surface area contributed by atoms with E-state index in [0.717, 1.165) is 53.9 Å². The van der Waals surface area contributed by atoms with Crippen LogP contribution in [-0.4, -0.2) is 63.4 Å². The Morgan fingerprint density at radius 2 is 2.12 bits per heavy atom. The quantitative estimate of drug-likeness (QED) is 0.680. The Hall–Kier alpha value is -3.31. The predicted molar refractivity (Wildman–Crippen MR) is 129 cm³/mol. The number of anilines is 1. The zero-order chi connectivity index (χ0) is 23.8. The zero-order valence-corrected chi connectivity index (χ0v) is 19.6. The van der Waals surface area contributed by atoms with E-state index in [1.807, 2.05) is 17.9 Å². The molecule has 2 saturated carbocycles. The van der Waals surface area contributed by atoms with Gasteiger partial charge in [0.25, 0.3) is 0 Å². The molecule has 0 spiro atoms. The molecule has 0 bridgehead atoms. The molecular weight excluding hydrogens is 428 g/mol. The molecule has 0 radical (unpaired) electrons. The number of pyridine rings is 1. The van der Waals surface area contributed by atoms with Crippen LogP contribution >= 0.6 is 0 Å². The highest BCUT2D eigenvalue weighted by Crippen LogP contribution is 2.47. The van der Waals surface area contributed by atoms with Crippen LogP contribution in [0, 0.1) is 24.2 Å². The number of amides is 1. The molecule has 8 nitrogen and oxygen atoms in total. The number of carbonyl (C=O) groups is 1. The highest BCUT2D eigenvalue weighted by Gasteiger charge is 2.42. The van der Waals surface area contributed by atoms with Crippen LogP contribution in [0.5, 0.6) is 0 Å². The van der Waals surface area contributed by atoms with Crippen molar-refractivity contribution in [3.8, 4) is 17.2 Å². The molecule has 1 N–H and O–H groups in total. The van der Waals surface area contributed by atoms with Crippen molar-refractivity contribution in [3.05, 3.63) is 41.4 Å². The van der Waals surface area contributed by atoms with Gasteiger partial charge in [-0.3, -0.25) is 4.79 Å². The van der Waals surface area contributed by atoms with E-state index in [1.54, 1.807) is 12.3 Å². The van der Waals surface area contributed by atoms with Gasteiger partial charge in [0.1, 0.15) is 11.9 Å². The molecule has 2 aliphatic carbocycles. The standard InChI is InChI=1S/C26H30N6O2/c1-3-20-12-19(14-28-30-20)24-16(2)21(13-27)26(29-25(24)18-6-7-18)31-9-10-32(23(34)8-11-33)22(15-31)17-4-5-17/h3,12,14,17-18,22,33H,1,4-11,15H2,2H3. The van der Waals surface area contributed by atoms with Crippen molar-refractivity contribution in [1.29, 1.82) is 5.26 Å². The molecule has 3 heterocycles. The Balaban J connectivity index is 1.54. The van der Waals surface area contributed by atoms with Gasteiger partial charge in [-0.05, 0) is 56.2 Å². The van der Waals surface area contributed by atoms with Crippen molar-refractivity contribution in [2.45, 2.75) is 51.0 Å². The average Bonchev–Trinajstić information content (AvgIpc) is 3.77. The molecule has 3 fully saturated rings. The summed E-state index contributed by atoms with van der Waals surface area (Å²) in [5.74, 6) is 1.61. The van der Waals surface area contributed by atoms with Gasteiger partial charge in [-0.2, -0.15) is 15.5 Å². The number of rotatable bonds is 7. The Labute approximate surface area is 199 Å². The molecular formula is C26H30N6O2. The van der Waals surface area contributed by atoms with Crippen LogP contribution in [0.4, 0.5) is 5.82 Å². The first kappa shape index (κ1) is 22.5. The number of aromatic nitrogens is 3. The van der Waals surface area contributed by atoms with Crippen molar-refractivity contribution in [2.75, 3.05) is 31.1 Å². The Bertz CT molecular complexity index is 1160. The van der Waals surface area contributed by atoms with Gasteiger partial charge in [-0.1, -0.05) is 6.58 Å². The molecule has 176 valence electrons. The summed E-state index contributed by atoms with van der Waals surface area (Å²) in [5.41, 5.74) is 5.11. The molecule has 1 unspecified atom stereocenters. The molecule has 5 rings (SSSR count). The van der Waals surface area contributed by atoms with Gasteiger partial charge < -0.3 is 14.9 Å². The van der Waals surface area contributed by atoms with Crippen LogP contribution in [0.15, 0.2) is 18.8 Å². The highest BCUT2D eigenvalue weighted by molar-refractivity contribution is 5.79. The van der Waals surface area contributed by atoms with Gasteiger partial charge in [0.05, 0.1) is 35.8 Å². The topological polar surface area (TPSA) is 106 Å². The smallest absolute Gasteiger partial charge is 0.225 e. The Kier molecular flexibility index (Phi) is 6.05. The molecule has 34 heavy (non-hydrogen) atoms. The van der Waals surface area contributed by atoms with Gasteiger partial charge in [0.15, 0.2) is 0 Å². The van der Waals surface area contributed by atoms with Crippen LogP contribution in [0.3, 0.4) is 0 Å². The van der Waals surface area contributed by atoms with Crippen molar-refractivity contribution < 1.29 is 9.90 Å². The van der Waals surface area contributed by atoms with E-state index >= 15 is 0 Å². The van der Waals surface area contributed by atoms with Crippen LogP contribution in [0.2, 0.25) is 0 Å². The minimum absolute atomic E-state index is 0.0147. The third kappa shape index (κ3) is 4.16. The Morgan fingerprint density at radius 1 is 1.32 bits per heavy atom. The first-order valence-electron chi connectivity index (χ1n) is 12.1. The number of hydrogen-bond acceptors (Lipinski definition) is 7. The number of aliphatic hydroxyl groups excluding tert-OH is 1. The average molecular weight is 459 g/mol. The zero-order valence-electron chi connectivity index (χ0n) is 19.6. The fourth-order valence-electron chi connectivity index (χ4n) is 5.15. The van der Waals surface area contributed by atoms with E-state index in [-0.39, 0.29) is 25.0 Å². The third-order valence-electron chi connectivity index (χ3n) is 7.23. The molecule has 0 aromatic carbocycles. The molecule has 1 amide bonds. The second-order valence-electron chi connectivity index (χ2n) is 9.57. The lowest BCUT2D eigenvalue weighted by atomic mass is 9.94. The largest absolute Gasteiger partial charge is 0.396 e. The van der Waals surface area contributed by atoms with Crippen molar-refractivity contribution >= 4 is 17.8 Å². The summed E-state index contributed by atoms with van der Waals surface area (Å²) in [6, 6.07) is 4.48.